The van der Waals surface area contributed by atoms with E-state index in [1.807, 2.05) is 0 Å². The maximum atomic E-state index is 14.1. The van der Waals surface area contributed by atoms with E-state index in [0.29, 0.717) is 21.6 Å². The molecule has 0 atom stereocenters. The van der Waals surface area contributed by atoms with Crippen molar-refractivity contribution in [2.45, 2.75) is 18.8 Å². The van der Waals surface area contributed by atoms with Crippen molar-refractivity contribution in [1.82, 2.24) is 0 Å². The quantitative estimate of drug-likeness (QED) is 0.890. The van der Waals surface area contributed by atoms with Gasteiger partial charge < -0.3 is 15.2 Å². The van der Waals surface area contributed by atoms with E-state index >= 15 is 0 Å². The second-order valence-corrected chi connectivity index (χ2v) is 5.61. The van der Waals surface area contributed by atoms with E-state index < -0.39 is 18.3 Å². The lowest BCUT2D eigenvalue weighted by atomic mass is 10.1. The maximum Gasteiger partial charge on any atom is 0.282 e. The number of alkyl halides is 2. The van der Waals surface area contributed by atoms with Gasteiger partial charge in [0.1, 0.15) is 0 Å². The van der Waals surface area contributed by atoms with E-state index in [1.54, 1.807) is 12.1 Å². The van der Waals surface area contributed by atoms with E-state index in [9.17, 15) is 13.6 Å². The summed E-state index contributed by atoms with van der Waals surface area (Å²) >= 11 is 0.967. The van der Waals surface area contributed by atoms with Gasteiger partial charge in [-0.25, -0.2) is 8.78 Å². The Kier molecular flexibility index (Phi) is 4.32. The molecule has 0 bridgehead atoms. The summed E-state index contributed by atoms with van der Waals surface area (Å²) in [6.07, 6.45) is -0.947. The van der Waals surface area contributed by atoms with Crippen molar-refractivity contribution in [3.63, 3.8) is 0 Å². The monoisotopic (exact) mass is 315 g/mol. The third-order valence-corrected chi connectivity index (χ3v) is 4.28. The molecule has 0 aliphatic heterocycles. The average Bonchev–Trinajstić information content (AvgIpc) is 2.87. The minimum absolute atomic E-state index is 0.103. The van der Waals surface area contributed by atoms with E-state index in [-0.39, 0.29) is 11.3 Å². The average molecular weight is 315 g/mol. The molecule has 1 aromatic carbocycles. The standard InChI is InChI=1S/C14H15F2NO3S/c1-19-9-5-8-6-12(14(15,16)4-3-13(17)18)21-11(8)7-10(9)20-2/h5-7H,3-4H2,1-2H3,(H2,17,18). The molecule has 1 aromatic heterocycles. The molecule has 2 aromatic rings. The Morgan fingerprint density at radius 3 is 2.43 bits per heavy atom. The summed E-state index contributed by atoms with van der Waals surface area (Å²) in [6.45, 7) is 0. The number of carbonyl (C=O) groups excluding carboxylic acids is 1. The van der Waals surface area contributed by atoms with Crippen LogP contribution in [-0.2, 0) is 10.7 Å². The fourth-order valence-corrected chi connectivity index (χ4v) is 3.03. The van der Waals surface area contributed by atoms with Crippen molar-refractivity contribution in [2.75, 3.05) is 14.2 Å². The highest BCUT2D eigenvalue weighted by molar-refractivity contribution is 7.19. The minimum atomic E-state index is -3.08. The number of ether oxygens (including phenoxy) is 2. The molecule has 0 saturated carbocycles. The summed E-state index contributed by atoms with van der Waals surface area (Å²) < 4.78 is 39.1. The lowest BCUT2D eigenvalue weighted by molar-refractivity contribution is -0.120. The molecule has 0 radical (unpaired) electrons. The molecule has 0 unspecified atom stereocenters. The highest BCUT2D eigenvalue weighted by Gasteiger charge is 2.33. The molecule has 2 N–H and O–H groups in total. The smallest absolute Gasteiger partial charge is 0.282 e. The number of carbonyl (C=O) groups is 1. The van der Waals surface area contributed by atoms with Crippen molar-refractivity contribution in [3.05, 3.63) is 23.1 Å². The molecular formula is C14H15F2NO3S. The van der Waals surface area contributed by atoms with Crippen molar-refractivity contribution in [1.29, 1.82) is 0 Å². The largest absolute Gasteiger partial charge is 0.493 e. The van der Waals surface area contributed by atoms with E-state index in [0.717, 1.165) is 11.3 Å². The molecule has 1 amide bonds. The number of halogens is 2. The van der Waals surface area contributed by atoms with E-state index in [4.69, 9.17) is 15.2 Å². The number of methoxy groups -OCH3 is 2. The normalized spacial score (nSPS) is 11.6. The van der Waals surface area contributed by atoms with Crippen LogP contribution in [0.3, 0.4) is 0 Å². The van der Waals surface area contributed by atoms with E-state index in [2.05, 4.69) is 0 Å². The van der Waals surface area contributed by atoms with Gasteiger partial charge in [-0.1, -0.05) is 0 Å². The molecule has 21 heavy (non-hydrogen) atoms. The fourth-order valence-electron chi connectivity index (χ4n) is 1.95. The lowest BCUT2D eigenvalue weighted by Gasteiger charge is -2.12. The molecule has 0 saturated heterocycles. The fraction of sp³-hybridized carbons (Fsp3) is 0.357. The molecule has 7 heteroatoms. The maximum absolute atomic E-state index is 14.1. The molecule has 0 aliphatic carbocycles. The van der Waals surface area contributed by atoms with Crippen molar-refractivity contribution in [3.8, 4) is 11.5 Å². The number of fused-ring (bicyclic) bond motifs is 1. The van der Waals surface area contributed by atoms with Gasteiger partial charge in [-0.05, 0) is 17.5 Å². The van der Waals surface area contributed by atoms with Crippen molar-refractivity contribution in [2.24, 2.45) is 5.73 Å². The van der Waals surface area contributed by atoms with Crippen LogP contribution >= 0.6 is 11.3 Å². The lowest BCUT2D eigenvalue weighted by Crippen LogP contribution is -2.17. The molecule has 114 valence electrons. The predicted octanol–water partition coefficient (Wildman–Crippen LogP) is 3.28. The van der Waals surface area contributed by atoms with Crippen LogP contribution in [0, 0.1) is 0 Å². The Hall–Kier alpha value is -1.89. The summed E-state index contributed by atoms with van der Waals surface area (Å²) in [6, 6.07) is 4.72. The van der Waals surface area contributed by atoms with Gasteiger partial charge >= 0.3 is 0 Å². The van der Waals surface area contributed by atoms with Crippen LogP contribution in [0.1, 0.15) is 17.7 Å². The first-order valence-electron chi connectivity index (χ1n) is 6.19. The van der Waals surface area contributed by atoms with Crippen LogP contribution in [0.25, 0.3) is 10.1 Å². The molecule has 1 heterocycles. The topological polar surface area (TPSA) is 61.5 Å². The number of rotatable bonds is 6. The minimum Gasteiger partial charge on any atom is -0.493 e. The zero-order chi connectivity index (χ0) is 15.6. The summed E-state index contributed by atoms with van der Waals surface area (Å²) in [5.41, 5.74) is 4.93. The summed E-state index contributed by atoms with van der Waals surface area (Å²) in [5, 5.41) is 0.645. The van der Waals surface area contributed by atoms with Crippen LogP contribution in [0.4, 0.5) is 8.78 Å². The Morgan fingerprint density at radius 1 is 1.24 bits per heavy atom. The van der Waals surface area contributed by atoms with Crippen LogP contribution in [-0.4, -0.2) is 20.1 Å². The second-order valence-electron chi connectivity index (χ2n) is 4.53. The summed E-state index contributed by atoms with van der Waals surface area (Å²) in [4.78, 5) is 10.6. The summed E-state index contributed by atoms with van der Waals surface area (Å²) in [7, 11) is 2.97. The number of amides is 1. The van der Waals surface area contributed by atoms with E-state index in [1.165, 1.54) is 20.3 Å². The van der Waals surface area contributed by atoms with Crippen LogP contribution < -0.4 is 15.2 Å². The highest BCUT2D eigenvalue weighted by atomic mass is 32.1. The highest BCUT2D eigenvalue weighted by Crippen LogP contribution is 2.43. The number of primary amides is 1. The van der Waals surface area contributed by atoms with Crippen molar-refractivity contribution < 1.29 is 23.0 Å². The number of nitrogens with two attached hydrogens (primary N) is 1. The number of hydrogen-bond donors (Lipinski definition) is 1. The van der Waals surface area contributed by atoms with Crippen LogP contribution in [0.15, 0.2) is 18.2 Å². The van der Waals surface area contributed by atoms with Gasteiger partial charge in [-0.3, -0.25) is 4.79 Å². The molecule has 2 rings (SSSR count). The van der Waals surface area contributed by atoms with Gasteiger partial charge in [0.05, 0.1) is 19.1 Å². The number of hydrogen-bond acceptors (Lipinski definition) is 4. The molecule has 0 aliphatic rings. The Balaban J connectivity index is 2.40. The van der Waals surface area contributed by atoms with Gasteiger partial charge in [0.15, 0.2) is 11.5 Å². The van der Waals surface area contributed by atoms with Gasteiger partial charge in [0.25, 0.3) is 5.92 Å². The third-order valence-electron chi connectivity index (χ3n) is 3.07. The number of benzene rings is 1. The molecule has 4 nitrogen and oxygen atoms in total. The van der Waals surface area contributed by atoms with Crippen LogP contribution in [0.5, 0.6) is 11.5 Å². The second kappa shape index (κ2) is 5.85. The third kappa shape index (κ3) is 3.24. The Labute approximate surface area is 124 Å². The van der Waals surface area contributed by atoms with Crippen molar-refractivity contribution >= 4 is 27.3 Å². The number of thiophene rings is 1. The molecule has 0 spiro atoms. The zero-order valence-corrected chi connectivity index (χ0v) is 12.4. The zero-order valence-electron chi connectivity index (χ0n) is 11.6. The summed E-state index contributed by atoms with van der Waals surface area (Å²) in [5.74, 6) is -2.85. The predicted molar refractivity (Wildman–Crippen MR) is 77.3 cm³/mol. The van der Waals surface area contributed by atoms with Gasteiger partial charge in [-0.15, -0.1) is 11.3 Å². The first-order chi connectivity index (χ1) is 9.87. The Morgan fingerprint density at radius 2 is 1.86 bits per heavy atom. The molecular weight excluding hydrogens is 300 g/mol. The van der Waals surface area contributed by atoms with Gasteiger partial charge in [-0.2, -0.15) is 0 Å². The first kappa shape index (κ1) is 15.5. The first-order valence-corrected chi connectivity index (χ1v) is 7.01. The SMILES string of the molecule is COc1cc2cc(C(F)(F)CCC(N)=O)sc2cc1OC. The molecule has 0 fully saturated rings. The van der Waals surface area contributed by atoms with Gasteiger partial charge in [0.2, 0.25) is 5.91 Å². The van der Waals surface area contributed by atoms with Crippen LogP contribution in [0.2, 0.25) is 0 Å². The van der Waals surface area contributed by atoms with Gasteiger partial charge in [0, 0.05) is 23.6 Å². The Bertz CT molecular complexity index is 629.